The molecule has 1 heterocycles. The molecule has 0 spiro atoms. The normalized spacial score (nSPS) is 13.4. The van der Waals surface area contributed by atoms with Crippen molar-refractivity contribution in [3.8, 4) is 0 Å². The Morgan fingerprint density at radius 1 is 1.42 bits per heavy atom. The van der Waals surface area contributed by atoms with Crippen LogP contribution in [0.2, 0.25) is 0 Å². The van der Waals surface area contributed by atoms with E-state index in [1.807, 2.05) is 13.0 Å². The fraction of sp³-hybridized carbons (Fsp3) is 0.462. The smallest absolute Gasteiger partial charge is 0.326 e. The Labute approximate surface area is 112 Å². The minimum atomic E-state index is -1.03. The third-order valence-corrected chi connectivity index (χ3v) is 2.92. The molecule has 19 heavy (non-hydrogen) atoms. The predicted molar refractivity (Wildman–Crippen MR) is 70.5 cm³/mol. The highest BCUT2D eigenvalue weighted by Crippen LogP contribution is 2.07. The molecule has 3 N–H and O–H groups in total. The number of hydrogen-bond donors (Lipinski definition) is 3. The Bertz CT molecular complexity index is 422. The minimum absolute atomic E-state index is 0.127. The fourth-order valence-electron chi connectivity index (χ4n) is 1.55. The van der Waals surface area contributed by atoms with Gasteiger partial charge in [0, 0.05) is 6.20 Å². The van der Waals surface area contributed by atoms with Crippen LogP contribution in [0.3, 0.4) is 0 Å². The predicted octanol–water partition coefficient (Wildman–Crippen LogP) is 1.38. The topological polar surface area (TPSA) is 91.3 Å². The average molecular weight is 265 g/mol. The lowest BCUT2D eigenvalue weighted by molar-refractivity contribution is -0.140. The van der Waals surface area contributed by atoms with Gasteiger partial charge in [-0.05, 0) is 18.1 Å². The van der Waals surface area contributed by atoms with Crippen molar-refractivity contribution in [3.63, 3.8) is 0 Å². The Morgan fingerprint density at radius 3 is 2.68 bits per heavy atom. The summed E-state index contributed by atoms with van der Waals surface area (Å²) in [6.07, 6.45) is 2.31. The van der Waals surface area contributed by atoms with Crippen LogP contribution in [-0.4, -0.2) is 28.1 Å². The van der Waals surface area contributed by atoms with Crippen LogP contribution in [0.5, 0.6) is 0 Å². The number of aliphatic carboxylic acids is 1. The summed E-state index contributed by atoms with van der Waals surface area (Å²) in [4.78, 5) is 26.8. The molecule has 6 nitrogen and oxygen atoms in total. The summed E-state index contributed by atoms with van der Waals surface area (Å²) in [5.41, 5.74) is 0.716. The molecule has 0 saturated heterocycles. The van der Waals surface area contributed by atoms with Crippen LogP contribution in [0, 0.1) is 5.92 Å². The van der Waals surface area contributed by atoms with Gasteiger partial charge in [-0.2, -0.15) is 0 Å². The van der Waals surface area contributed by atoms with Gasteiger partial charge >= 0.3 is 12.0 Å². The molecular formula is C13H19N3O3. The number of pyridine rings is 1. The third kappa shape index (κ3) is 4.95. The molecule has 0 aliphatic carbocycles. The first-order valence-electron chi connectivity index (χ1n) is 6.21. The molecule has 0 aliphatic rings. The monoisotopic (exact) mass is 265 g/mol. The molecule has 0 radical (unpaired) electrons. The molecule has 1 rings (SSSR count). The Kier molecular flexibility index (Phi) is 5.78. The van der Waals surface area contributed by atoms with Crippen LogP contribution in [-0.2, 0) is 11.3 Å². The van der Waals surface area contributed by atoms with Gasteiger partial charge in [0.1, 0.15) is 6.04 Å². The van der Waals surface area contributed by atoms with E-state index < -0.39 is 18.0 Å². The molecule has 0 aliphatic heterocycles. The van der Waals surface area contributed by atoms with Crippen molar-refractivity contribution in [2.24, 2.45) is 5.92 Å². The van der Waals surface area contributed by atoms with Crippen molar-refractivity contribution in [3.05, 3.63) is 30.1 Å². The van der Waals surface area contributed by atoms with Crippen LogP contribution in [0.15, 0.2) is 24.4 Å². The molecule has 0 bridgehead atoms. The van der Waals surface area contributed by atoms with Gasteiger partial charge in [-0.1, -0.05) is 26.3 Å². The summed E-state index contributed by atoms with van der Waals surface area (Å²) in [6, 6.07) is 4.00. The number of carboxylic acids is 1. The molecule has 104 valence electrons. The van der Waals surface area contributed by atoms with E-state index >= 15 is 0 Å². The molecule has 0 saturated carbocycles. The highest BCUT2D eigenvalue weighted by atomic mass is 16.4. The van der Waals surface area contributed by atoms with Crippen molar-refractivity contribution in [2.45, 2.75) is 32.9 Å². The van der Waals surface area contributed by atoms with Crippen molar-refractivity contribution in [1.29, 1.82) is 0 Å². The van der Waals surface area contributed by atoms with Crippen molar-refractivity contribution < 1.29 is 14.7 Å². The van der Waals surface area contributed by atoms with Crippen molar-refractivity contribution in [1.82, 2.24) is 15.6 Å². The van der Waals surface area contributed by atoms with Gasteiger partial charge in [-0.25, -0.2) is 9.59 Å². The molecule has 6 heteroatoms. The number of aromatic nitrogens is 1. The second-order valence-corrected chi connectivity index (χ2v) is 4.35. The van der Waals surface area contributed by atoms with E-state index in [9.17, 15) is 9.59 Å². The summed E-state index contributed by atoms with van der Waals surface area (Å²) < 4.78 is 0. The second kappa shape index (κ2) is 7.35. The maximum atomic E-state index is 11.6. The van der Waals surface area contributed by atoms with Gasteiger partial charge < -0.3 is 15.7 Å². The average Bonchev–Trinajstić information content (AvgIpc) is 2.42. The number of rotatable bonds is 6. The fourth-order valence-corrected chi connectivity index (χ4v) is 1.55. The molecule has 1 unspecified atom stereocenters. The van der Waals surface area contributed by atoms with Crippen LogP contribution in [0.25, 0.3) is 0 Å². The van der Waals surface area contributed by atoms with E-state index in [1.54, 1.807) is 25.3 Å². The quantitative estimate of drug-likeness (QED) is 0.724. The van der Waals surface area contributed by atoms with E-state index in [0.717, 1.165) is 0 Å². The minimum Gasteiger partial charge on any atom is -0.480 e. The van der Waals surface area contributed by atoms with Crippen LogP contribution in [0.4, 0.5) is 4.79 Å². The van der Waals surface area contributed by atoms with Crippen LogP contribution in [0.1, 0.15) is 26.0 Å². The van der Waals surface area contributed by atoms with E-state index in [1.165, 1.54) is 0 Å². The van der Waals surface area contributed by atoms with Crippen LogP contribution >= 0.6 is 0 Å². The largest absolute Gasteiger partial charge is 0.480 e. The number of carboxylic acid groups (broad SMARTS) is 1. The van der Waals surface area contributed by atoms with Crippen molar-refractivity contribution in [2.75, 3.05) is 0 Å². The molecule has 1 aromatic heterocycles. The third-order valence-electron chi connectivity index (χ3n) is 2.92. The zero-order chi connectivity index (χ0) is 14.3. The first-order valence-corrected chi connectivity index (χ1v) is 6.21. The summed E-state index contributed by atoms with van der Waals surface area (Å²) >= 11 is 0. The summed E-state index contributed by atoms with van der Waals surface area (Å²) in [6.45, 7) is 3.94. The number of nitrogens with zero attached hydrogens (tertiary/aromatic N) is 1. The van der Waals surface area contributed by atoms with Crippen LogP contribution < -0.4 is 10.6 Å². The lowest BCUT2D eigenvalue weighted by Gasteiger charge is -2.20. The maximum Gasteiger partial charge on any atom is 0.326 e. The number of amides is 2. The summed E-state index contributed by atoms with van der Waals surface area (Å²) in [7, 11) is 0. The highest BCUT2D eigenvalue weighted by molar-refractivity contribution is 5.82. The summed E-state index contributed by atoms with van der Waals surface area (Å²) in [5.74, 6) is -1.15. The molecule has 0 aromatic carbocycles. The number of nitrogens with one attached hydrogen (secondary N) is 2. The highest BCUT2D eigenvalue weighted by Gasteiger charge is 2.25. The number of urea groups is 1. The molecule has 2 atom stereocenters. The number of carbonyl (C=O) groups excluding carboxylic acids is 1. The standard InChI is InChI=1S/C13H19N3O3/c1-3-9(2)11(12(17)18)16-13(19)15-8-10-6-4-5-7-14-10/h4-7,9,11H,3,8H2,1-2H3,(H,17,18)(H2,15,16,19)/t9?,11-/m0/s1. The number of hydrogen-bond acceptors (Lipinski definition) is 3. The van der Waals surface area contributed by atoms with Gasteiger partial charge in [0.2, 0.25) is 0 Å². The van der Waals surface area contributed by atoms with Gasteiger partial charge in [0.25, 0.3) is 0 Å². The Balaban J connectivity index is 2.47. The summed E-state index contributed by atoms with van der Waals surface area (Å²) in [5, 5.41) is 14.1. The Morgan fingerprint density at radius 2 is 2.16 bits per heavy atom. The Hall–Kier alpha value is -2.11. The molecule has 0 fully saturated rings. The van der Waals surface area contributed by atoms with E-state index in [-0.39, 0.29) is 12.5 Å². The lowest BCUT2D eigenvalue weighted by atomic mass is 9.99. The van der Waals surface area contributed by atoms with E-state index in [0.29, 0.717) is 12.1 Å². The zero-order valence-electron chi connectivity index (χ0n) is 11.1. The molecule has 1 aromatic rings. The maximum absolute atomic E-state index is 11.6. The first kappa shape index (κ1) is 14.9. The first-order chi connectivity index (χ1) is 9.04. The molecular weight excluding hydrogens is 246 g/mol. The van der Waals surface area contributed by atoms with Gasteiger partial charge in [0.05, 0.1) is 12.2 Å². The van der Waals surface area contributed by atoms with E-state index in [2.05, 4.69) is 15.6 Å². The van der Waals surface area contributed by atoms with Gasteiger partial charge in [-0.3, -0.25) is 4.98 Å². The number of carbonyl (C=O) groups is 2. The van der Waals surface area contributed by atoms with Gasteiger partial charge in [-0.15, -0.1) is 0 Å². The zero-order valence-corrected chi connectivity index (χ0v) is 11.1. The van der Waals surface area contributed by atoms with E-state index in [4.69, 9.17) is 5.11 Å². The lowest BCUT2D eigenvalue weighted by Crippen LogP contribution is -2.48. The molecule has 2 amide bonds. The SMILES string of the molecule is CCC(C)[C@H](NC(=O)NCc1ccccn1)C(=O)O. The van der Waals surface area contributed by atoms with Gasteiger partial charge in [0.15, 0.2) is 0 Å². The second-order valence-electron chi connectivity index (χ2n) is 4.35. The van der Waals surface area contributed by atoms with Crippen molar-refractivity contribution >= 4 is 12.0 Å².